The molecule has 108 valence electrons. The number of ether oxygens (including phenoxy) is 2. The zero-order valence-corrected chi connectivity index (χ0v) is 11.6. The number of hydrogen-bond acceptors (Lipinski definition) is 4. The van der Waals surface area contributed by atoms with E-state index in [1.54, 1.807) is 12.1 Å². The first kappa shape index (κ1) is 15.9. The molecule has 0 fully saturated rings. The van der Waals surface area contributed by atoms with Crippen LogP contribution in [-0.2, 0) is 4.74 Å². The molecule has 2 atom stereocenters. The van der Waals surface area contributed by atoms with Crippen molar-refractivity contribution in [2.75, 3.05) is 26.9 Å². The molecule has 2 unspecified atom stereocenters. The van der Waals surface area contributed by atoms with Gasteiger partial charge in [-0.25, -0.2) is 4.39 Å². The van der Waals surface area contributed by atoms with Gasteiger partial charge in [-0.2, -0.15) is 0 Å². The Balaban J connectivity index is 2.60. The number of rotatable bonds is 8. The van der Waals surface area contributed by atoms with Crippen molar-refractivity contribution in [3.63, 3.8) is 0 Å². The maximum atomic E-state index is 13.8. The van der Waals surface area contributed by atoms with Gasteiger partial charge < -0.3 is 19.9 Å². The third kappa shape index (κ3) is 4.78. The molecular weight excluding hydrogens is 249 g/mol. The van der Waals surface area contributed by atoms with Gasteiger partial charge >= 0.3 is 0 Å². The van der Waals surface area contributed by atoms with E-state index < -0.39 is 6.10 Å². The Hall–Kier alpha value is -1.17. The summed E-state index contributed by atoms with van der Waals surface area (Å²) in [4.78, 5) is 0. The zero-order chi connectivity index (χ0) is 14.3. The molecule has 5 heteroatoms. The largest absolute Gasteiger partial charge is 0.496 e. The van der Waals surface area contributed by atoms with Crippen LogP contribution in [0.15, 0.2) is 18.2 Å². The first-order valence-corrected chi connectivity index (χ1v) is 6.41. The summed E-state index contributed by atoms with van der Waals surface area (Å²) in [6.07, 6.45) is -0.611. The predicted octanol–water partition coefficient (Wildman–Crippen LogP) is 1.88. The zero-order valence-electron chi connectivity index (χ0n) is 11.6. The highest BCUT2D eigenvalue weighted by Crippen LogP contribution is 2.27. The molecule has 19 heavy (non-hydrogen) atoms. The smallest absolute Gasteiger partial charge is 0.131 e. The fourth-order valence-corrected chi connectivity index (χ4v) is 1.84. The van der Waals surface area contributed by atoms with Crippen LogP contribution in [0.5, 0.6) is 5.75 Å². The van der Waals surface area contributed by atoms with Crippen molar-refractivity contribution >= 4 is 0 Å². The highest BCUT2D eigenvalue weighted by atomic mass is 19.1. The van der Waals surface area contributed by atoms with E-state index in [1.807, 2.05) is 13.8 Å². The molecule has 0 spiro atoms. The van der Waals surface area contributed by atoms with Gasteiger partial charge in [0.05, 0.1) is 19.8 Å². The molecule has 0 saturated heterocycles. The Kier molecular flexibility index (Phi) is 6.77. The minimum atomic E-state index is -0.611. The molecule has 0 aliphatic rings. The molecule has 0 heterocycles. The van der Waals surface area contributed by atoms with Gasteiger partial charge in [0.1, 0.15) is 11.6 Å². The lowest BCUT2D eigenvalue weighted by Crippen LogP contribution is -2.32. The number of hydrogen-bond donors (Lipinski definition) is 2. The van der Waals surface area contributed by atoms with Crippen molar-refractivity contribution in [3.05, 3.63) is 29.6 Å². The van der Waals surface area contributed by atoms with Crippen LogP contribution in [-0.4, -0.2) is 38.1 Å². The van der Waals surface area contributed by atoms with Crippen molar-refractivity contribution in [1.82, 2.24) is 5.32 Å². The minimum absolute atomic E-state index is 0.257. The van der Waals surface area contributed by atoms with E-state index in [9.17, 15) is 9.50 Å². The van der Waals surface area contributed by atoms with Crippen molar-refractivity contribution in [2.24, 2.45) is 0 Å². The molecule has 1 aromatic rings. The molecule has 0 bridgehead atoms. The lowest BCUT2D eigenvalue weighted by atomic mass is 10.1. The normalized spacial score (nSPS) is 14.2. The lowest BCUT2D eigenvalue weighted by molar-refractivity contribution is 0.0415. The van der Waals surface area contributed by atoms with Crippen LogP contribution in [0.25, 0.3) is 0 Å². The number of halogens is 1. The van der Waals surface area contributed by atoms with Gasteiger partial charge in [-0.05, 0) is 26.0 Å². The number of methoxy groups -OCH3 is 1. The van der Waals surface area contributed by atoms with E-state index >= 15 is 0 Å². The Bertz CT molecular complexity index is 387. The molecule has 1 rings (SSSR count). The van der Waals surface area contributed by atoms with Crippen LogP contribution in [0, 0.1) is 5.82 Å². The fourth-order valence-electron chi connectivity index (χ4n) is 1.84. The Labute approximate surface area is 113 Å². The Morgan fingerprint density at radius 3 is 2.79 bits per heavy atom. The quantitative estimate of drug-likeness (QED) is 0.758. The molecule has 0 aliphatic carbocycles. The van der Waals surface area contributed by atoms with Gasteiger partial charge in [-0.15, -0.1) is 0 Å². The average Bonchev–Trinajstić information content (AvgIpc) is 2.42. The highest BCUT2D eigenvalue weighted by Gasteiger charge is 2.17. The van der Waals surface area contributed by atoms with Crippen LogP contribution < -0.4 is 10.1 Å². The van der Waals surface area contributed by atoms with Crippen molar-refractivity contribution in [1.29, 1.82) is 0 Å². The first-order chi connectivity index (χ1) is 9.10. The Morgan fingerprint density at radius 2 is 2.16 bits per heavy atom. The monoisotopic (exact) mass is 271 g/mol. The number of aliphatic hydroxyl groups excluding tert-OH is 1. The topological polar surface area (TPSA) is 50.7 Å². The van der Waals surface area contributed by atoms with Gasteiger partial charge in [0.2, 0.25) is 0 Å². The molecule has 0 amide bonds. The summed E-state index contributed by atoms with van der Waals surface area (Å²) >= 11 is 0. The van der Waals surface area contributed by atoms with Gasteiger partial charge in [-0.3, -0.25) is 0 Å². The predicted molar refractivity (Wildman–Crippen MR) is 71.9 cm³/mol. The van der Waals surface area contributed by atoms with Gasteiger partial charge in [0.25, 0.3) is 0 Å². The third-order valence-electron chi connectivity index (χ3n) is 2.84. The van der Waals surface area contributed by atoms with Crippen molar-refractivity contribution in [2.45, 2.75) is 26.0 Å². The number of benzene rings is 1. The van der Waals surface area contributed by atoms with Crippen LogP contribution in [0.3, 0.4) is 0 Å². The second-order valence-corrected chi connectivity index (χ2v) is 4.30. The third-order valence-corrected chi connectivity index (χ3v) is 2.84. The SMILES string of the molecule is CCOCC(O)CNC(C)c1c(F)cccc1OC. The van der Waals surface area contributed by atoms with Crippen LogP contribution >= 0.6 is 0 Å². The first-order valence-electron chi connectivity index (χ1n) is 6.41. The van der Waals surface area contributed by atoms with E-state index in [1.165, 1.54) is 13.2 Å². The van der Waals surface area contributed by atoms with Gasteiger partial charge in [0.15, 0.2) is 0 Å². The second kappa shape index (κ2) is 8.09. The summed E-state index contributed by atoms with van der Waals surface area (Å²) in [7, 11) is 1.51. The minimum Gasteiger partial charge on any atom is -0.496 e. The second-order valence-electron chi connectivity index (χ2n) is 4.30. The van der Waals surface area contributed by atoms with Crippen LogP contribution in [0.1, 0.15) is 25.5 Å². The molecule has 0 aliphatic heterocycles. The molecule has 1 aromatic carbocycles. The number of nitrogens with one attached hydrogen (secondary N) is 1. The molecule has 0 aromatic heterocycles. The molecular formula is C14H22FNO3. The van der Waals surface area contributed by atoms with Crippen LogP contribution in [0.2, 0.25) is 0 Å². The number of aliphatic hydroxyl groups is 1. The molecule has 4 nitrogen and oxygen atoms in total. The van der Waals surface area contributed by atoms with Gasteiger partial charge in [-0.1, -0.05) is 6.07 Å². The summed E-state index contributed by atoms with van der Waals surface area (Å²) in [6, 6.07) is 4.46. The molecule has 2 N–H and O–H groups in total. The summed E-state index contributed by atoms with van der Waals surface area (Å²) in [6.45, 7) is 4.86. The fraction of sp³-hybridized carbons (Fsp3) is 0.571. The lowest BCUT2D eigenvalue weighted by Gasteiger charge is -2.20. The van der Waals surface area contributed by atoms with Crippen molar-refractivity contribution in [3.8, 4) is 5.75 Å². The van der Waals surface area contributed by atoms with E-state index in [0.29, 0.717) is 24.5 Å². The molecule has 0 saturated carbocycles. The average molecular weight is 271 g/mol. The summed E-state index contributed by atoms with van der Waals surface area (Å²) < 4.78 is 24.1. The maximum absolute atomic E-state index is 13.8. The van der Waals surface area contributed by atoms with E-state index in [-0.39, 0.29) is 18.5 Å². The Morgan fingerprint density at radius 1 is 1.42 bits per heavy atom. The van der Waals surface area contributed by atoms with Crippen LogP contribution in [0.4, 0.5) is 4.39 Å². The highest BCUT2D eigenvalue weighted by molar-refractivity contribution is 5.36. The van der Waals surface area contributed by atoms with E-state index in [2.05, 4.69) is 5.32 Å². The summed E-state index contributed by atoms with van der Waals surface area (Å²) in [5, 5.41) is 12.7. The maximum Gasteiger partial charge on any atom is 0.131 e. The van der Waals surface area contributed by atoms with E-state index in [0.717, 1.165) is 0 Å². The summed E-state index contributed by atoms with van der Waals surface area (Å²) in [5.41, 5.74) is 0.466. The van der Waals surface area contributed by atoms with Crippen molar-refractivity contribution < 1.29 is 19.0 Å². The standard InChI is InChI=1S/C14H22FNO3/c1-4-19-9-11(17)8-16-10(2)14-12(15)6-5-7-13(14)18-3/h5-7,10-11,16-17H,4,8-9H2,1-3H3. The van der Waals surface area contributed by atoms with E-state index in [4.69, 9.17) is 9.47 Å². The molecule has 0 radical (unpaired) electrons. The van der Waals surface area contributed by atoms with Gasteiger partial charge in [0, 0.05) is 24.8 Å². The summed E-state index contributed by atoms with van der Waals surface area (Å²) in [5.74, 6) is 0.179.